The number of nitriles is 1. The maximum atomic E-state index is 14.0. The van der Waals surface area contributed by atoms with Crippen molar-refractivity contribution in [3.63, 3.8) is 0 Å². The number of nitrogens with zero attached hydrogens (tertiary/aromatic N) is 2. The summed E-state index contributed by atoms with van der Waals surface area (Å²) in [7, 11) is 0. The van der Waals surface area contributed by atoms with Crippen molar-refractivity contribution in [2.45, 2.75) is 0 Å². The largest absolute Gasteiger partial charge is 0.478 e. The Kier molecular flexibility index (Phi) is 4.04. The van der Waals surface area contributed by atoms with Crippen LogP contribution >= 0.6 is 0 Å². The van der Waals surface area contributed by atoms with Crippen molar-refractivity contribution in [1.29, 1.82) is 5.26 Å². The van der Waals surface area contributed by atoms with Crippen molar-refractivity contribution in [3.05, 3.63) is 77.6 Å². The van der Waals surface area contributed by atoms with E-state index < -0.39 is 17.3 Å². The fourth-order valence-corrected chi connectivity index (χ4v) is 2.37. The quantitative estimate of drug-likeness (QED) is 0.788. The van der Waals surface area contributed by atoms with Gasteiger partial charge < -0.3 is 5.11 Å². The van der Waals surface area contributed by atoms with E-state index in [1.165, 1.54) is 12.1 Å². The number of aromatic carboxylic acids is 1. The maximum absolute atomic E-state index is 14.0. The van der Waals surface area contributed by atoms with Gasteiger partial charge in [-0.25, -0.2) is 14.2 Å². The number of carboxylic acids is 1. The third-order valence-corrected chi connectivity index (χ3v) is 3.56. The van der Waals surface area contributed by atoms with Crippen LogP contribution in [0, 0.1) is 17.1 Å². The number of carbonyl (C=O) groups is 1. The number of carboxylic acid groups (broad SMARTS) is 1. The predicted octanol–water partition coefficient (Wildman–Crippen LogP) is 4.12. The molecule has 0 aliphatic rings. The van der Waals surface area contributed by atoms with Crippen LogP contribution in [0.15, 0.2) is 60.7 Å². The van der Waals surface area contributed by atoms with Crippen molar-refractivity contribution >= 4 is 5.97 Å². The fraction of sp³-hybridized carbons (Fsp3) is 0. The lowest BCUT2D eigenvalue weighted by molar-refractivity contribution is 0.0692. The van der Waals surface area contributed by atoms with Gasteiger partial charge in [-0.15, -0.1) is 0 Å². The standard InChI is InChI=1S/C19H11FN2O2/c20-16-10-13(6-8-15(16)19(23)24)18-14(11-21)7-9-17(22-18)12-4-2-1-3-5-12/h1-10H,(H,23,24). The second-order valence-corrected chi connectivity index (χ2v) is 5.07. The molecule has 0 aliphatic carbocycles. The molecule has 3 aromatic rings. The fourth-order valence-electron chi connectivity index (χ4n) is 2.37. The molecular weight excluding hydrogens is 307 g/mol. The lowest BCUT2D eigenvalue weighted by Gasteiger charge is -2.08. The van der Waals surface area contributed by atoms with E-state index in [2.05, 4.69) is 4.98 Å². The van der Waals surface area contributed by atoms with Gasteiger partial charge in [0.1, 0.15) is 11.9 Å². The minimum Gasteiger partial charge on any atom is -0.478 e. The molecule has 0 unspecified atom stereocenters. The first-order valence-corrected chi connectivity index (χ1v) is 7.10. The van der Waals surface area contributed by atoms with Gasteiger partial charge in [0, 0.05) is 11.1 Å². The van der Waals surface area contributed by atoms with E-state index in [9.17, 15) is 14.4 Å². The summed E-state index contributed by atoms with van der Waals surface area (Å²) >= 11 is 0. The zero-order valence-electron chi connectivity index (χ0n) is 12.4. The van der Waals surface area contributed by atoms with Gasteiger partial charge in [-0.2, -0.15) is 5.26 Å². The summed E-state index contributed by atoms with van der Waals surface area (Å²) in [4.78, 5) is 15.4. The molecule has 3 rings (SSSR count). The number of pyridine rings is 1. The van der Waals surface area contributed by atoms with Crippen molar-refractivity contribution in [2.75, 3.05) is 0 Å². The highest BCUT2D eigenvalue weighted by Gasteiger charge is 2.14. The van der Waals surface area contributed by atoms with Gasteiger partial charge in [0.25, 0.3) is 0 Å². The van der Waals surface area contributed by atoms with Gasteiger partial charge in [0.05, 0.1) is 22.5 Å². The van der Waals surface area contributed by atoms with Crippen LogP contribution in [0.3, 0.4) is 0 Å². The molecule has 0 atom stereocenters. The average molecular weight is 318 g/mol. The minimum absolute atomic E-state index is 0.289. The Morgan fingerprint density at radius 2 is 1.79 bits per heavy atom. The summed E-state index contributed by atoms with van der Waals surface area (Å²) in [6, 6.07) is 18.5. The predicted molar refractivity (Wildman–Crippen MR) is 86.7 cm³/mol. The minimum atomic E-state index is -1.34. The Bertz CT molecular complexity index is 963. The van der Waals surface area contributed by atoms with Crippen LogP contribution in [0.1, 0.15) is 15.9 Å². The van der Waals surface area contributed by atoms with E-state index >= 15 is 0 Å². The molecule has 0 radical (unpaired) electrons. The summed E-state index contributed by atoms with van der Waals surface area (Å²) < 4.78 is 14.0. The number of aromatic nitrogens is 1. The third kappa shape index (κ3) is 2.85. The molecule has 0 bridgehead atoms. The molecule has 24 heavy (non-hydrogen) atoms. The monoisotopic (exact) mass is 318 g/mol. The highest BCUT2D eigenvalue weighted by atomic mass is 19.1. The summed E-state index contributed by atoms with van der Waals surface area (Å²) in [6.07, 6.45) is 0. The molecule has 0 aliphatic heterocycles. The van der Waals surface area contributed by atoms with Crippen molar-refractivity contribution in [2.24, 2.45) is 0 Å². The second kappa shape index (κ2) is 6.31. The molecule has 1 heterocycles. The first-order chi connectivity index (χ1) is 11.6. The van der Waals surface area contributed by atoms with E-state index in [0.29, 0.717) is 17.0 Å². The molecule has 0 saturated carbocycles. The van der Waals surface area contributed by atoms with Crippen LogP contribution in [0.5, 0.6) is 0 Å². The van der Waals surface area contributed by atoms with E-state index in [-0.39, 0.29) is 5.56 Å². The zero-order valence-corrected chi connectivity index (χ0v) is 12.4. The first-order valence-electron chi connectivity index (χ1n) is 7.10. The van der Waals surface area contributed by atoms with Crippen LogP contribution < -0.4 is 0 Å². The molecule has 2 aromatic carbocycles. The van der Waals surface area contributed by atoms with E-state index in [4.69, 9.17) is 5.11 Å². The van der Waals surface area contributed by atoms with Crippen LogP contribution in [-0.4, -0.2) is 16.1 Å². The lowest BCUT2D eigenvalue weighted by Crippen LogP contribution is -2.01. The summed E-state index contributed by atoms with van der Waals surface area (Å²) in [5, 5.41) is 18.2. The Morgan fingerprint density at radius 3 is 2.42 bits per heavy atom. The SMILES string of the molecule is N#Cc1ccc(-c2ccccc2)nc1-c1ccc(C(=O)O)c(F)c1. The summed E-state index contributed by atoms with van der Waals surface area (Å²) in [6.45, 7) is 0. The third-order valence-electron chi connectivity index (χ3n) is 3.56. The summed E-state index contributed by atoms with van der Waals surface area (Å²) in [5.74, 6) is -2.21. The highest BCUT2D eigenvalue weighted by Crippen LogP contribution is 2.27. The number of hydrogen-bond donors (Lipinski definition) is 1. The number of rotatable bonds is 3. The zero-order chi connectivity index (χ0) is 17.1. The molecular formula is C19H11FN2O2. The van der Waals surface area contributed by atoms with Gasteiger partial charge in [-0.1, -0.05) is 36.4 Å². The first kappa shape index (κ1) is 15.4. The normalized spacial score (nSPS) is 10.2. The lowest BCUT2D eigenvalue weighted by atomic mass is 10.0. The van der Waals surface area contributed by atoms with Gasteiger partial charge in [0.2, 0.25) is 0 Å². The molecule has 5 heteroatoms. The molecule has 0 spiro atoms. The Morgan fingerprint density at radius 1 is 1.04 bits per heavy atom. The second-order valence-electron chi connectivity index (χ2n) is 5.07. The summed E-state index contributed by atoms with van der Waals surface area (Å²) in [5.41, 5.74) is 2.05. The Balaban J connectivity index is 2.15. The Labute approximate surface area is 137 Å². The average Bonchev–Trinajstić information content (AvgIpc) is 2.61. The number of benzene rings is 2. The Hall–Kier alpha value is -3.52. The molecule has 4 nitrogen and oxygen atoms in total. The van der Waals surface area contributed by atoms with Crippen LogP contribution in [-0.2, 0) is 0 Å². The van der Waals surface area contributed by atoms with E-state index in [0.717, 1.165) is 11.6 Å². The number of halogens is 1. The van der Waals surface area contributed by atoms with Gasteiger partial charge in [0.15, 0.2) is 0 Å². The van der Waals surface area contributed by atoms with Gasteiger partial charge in [-0.3, -0.25) is 0 Å². The smallest absolute Gasteiger partial charge is 0.338 e. The molecule has 116 valence electrons. The molecule has 1 aromatic heterocycles. The van der Waals surface area contributed by atoms with Gasteiger partial charge >= 0.3 is 5.97 Å². The van der Waals surface area contributed by atoms with Crippen LogP contribution in [0.2, 0.25) is 0 Å². The topological polar surface area (TPSA) is 74.0 Å². The molecule has 0 amide bonds. The molecule has 0 saturated heterocycles. The van der Waals surface area contributed by atoms with Crippen molar-refractivity contribution in [3.8, 4) is 28.6 Å². The van der Waals surface area contributed by atoms with Gasteiger partial charge in [-0.05, 0) is 24.3 Å². The highest BCUT2D eigenvalue weighted by molar-refractivity contribution is 5.88. The van der Waals surface area contributed by atoms with E-state index in [1.54, 1.807) is 12.1 Å². The molecule has 0 fully saturated rings. The number of hydrogen-bond acceptors (Lipinski definition) is 3. The van der Waals surface area contributed by atoms with Crippen LogP contribution in [0.25, 0.3) is 22.5 Å². The van der Waals surface area contributed by atoms with Crippen molar-refractivity contribution in [1.82, 2.24) is 4.98 Å². The van der Waals surface area contributed by atoms with Crippen LogP contribution in [0.4, 0.5) is 4.39 Å². The molecule has 1 N–H and O–H groups in total. The van der Waals surface area contributed by atoms with Crippen molar-refractivity contribution < 1.29 is 14.3 Å². The van der Waals surface area contributed by atoms with E-state index in [1.807, 2.05) is 36.4 Å². The maximum Gasteiger partial charge on any atom is 0.338 e.